The second-order valence-electron chi connectivity index (χ2n) is 5.51. The number of benzene rings is 2. The Hall–Kier alpha value is -2.49. The summed E-state index contributed by atoms with van der Waals surface area (Å²) in [5, 5.41) is 3.04. The number of carbonyl (C=O) groups excluding carboxylic acids is 1. The Kier molecular flexibility index (Phi) is 4.51. The molecule has 0 fully saturated rings. The monoisotopic (exact) mass is 311 g/mol. The number of carbonyl (C=O) groups is 1. The molecule has 1 N–H and O–H groups in total. The van der Waals surface area contributed by atoms with Crippen LogP contribution in [0, 0.1) is 0 Å². The molecule has 1 heterocycles. The maximum absolute atomic E-state index is 12.6. The fraction of sp³-hybridized carbons (Fsp3) is 0.316. The lowest BCUT2D eigenvalue weighted by Crippen LogP contribution is -2.40. The zero-order valence-electron chi connectivity index (χ0n) is 13.5. The van der Waals surface area contributed by atoms with Crippen LogP contribution in [-0.4, -0.2) is 18.6 Å². The molecule has 1 amide bonds. The van der Waals surface area contributed by atoms with Crippen molar-refractivity contribution in [1.29, 1.82) is 0 Å². The molecule has 1 atom stereocenters. The van der Waals surface area contributed by atoms with E-state index in [9.17, 15) is 4.79 Å². The molecular formula is C19H21NO3. The summed E-state index contributed by atoms with van der Waals surface area (Å²) < 4.78 is 11.4. The second kappa shape index (κ2) is 6.73. The molecule has 0 spiro atoms. The van der Waals surface area contributed by atoms with Crippen LogP contribution in [0.1, 0.15) is 25.0 Å². The third kappa shape index (κ3) is 3.16. The van der Waals surface area contributed by atoms with E-state index in [1.54, 1.807) is 0 Å². The second-order valence-corrected chi connectivity index (χ2v) is 5.51. The Morgan fingerprint density at radius 1 is 1.04 bits per heavy atom. The average molecular weight is 311 g/mol. The predicted molar refractivity (Wildman–Crippen MR) is 90.2 cm³/mol. The highest BCUT2D eigenvalue weighted by atomic mass is 16.6. The number of rotatable bonds is 4. The van der Waals surface area contributed by atoms with Gasteiger partial charge >= 0.3 is 0 Å². The van der Waals surface area contributed by atoms with Crippen LogP contribution in [0.15, 0.2) is 42.5 Å². The molecule has 2 aromatic rings. The van der Waals surface area contributed by atoms with Crippen LogP contribution in [0.25, 0.3) is 0 Å². The summed E-state index contributed by atoms with van der Waals surface area (Å²) in [5.74, 6) is 1.12. The van der Waals surface area contributed by atoms with E-state index in [-0.39, 0.29) is 12.5 Å². The van der Waals surface area contributed by atoms with Crippen molar-refractivity contribution in [2.75, 3.05) is 11.9 Å². The quantitative estimate of drug-likeness (QED) is 0.938. The predicted octanol–water partition coefficient (Wildman–Crippen LogP) is 3.59. The van der Waals surface area contributed by atoms with Crippen molar-refractivity contribution in [2.24, 2.45) is 0 Å². The lowest BCUT2D eigenvalue weighted by molar-refractivity contribution is -0.125. The van der Waals surface area contributed by atoms with Gasteiger partial charge in [-0.1, -0.05) is 44.2 Å². The summed E-state index contributed by atoms with van der Waals surface area (Å²) in [6.07, 6.45) is 1.10. The van der Waals surface area contributed by atoms with E-state index in [2.05, 4.69) is 19.2 Å². The fourth-order valence-electron chi connectivity index (χ4n) is 2.76. The smallest absolute Gasteiger partial charge is 0.269 e. The van der Waals surface area contributed by atoms with E-state index in [4.69, 9.17) is 9.47 Å². The van der Waals surface area contributed by atoms with Crippen molar-refractivity contribution in [3.05, 3.63) is 53.6 Å². The Morgan fingerprint density at radius 2 is 1.70 bits per heavy atom. The minimum Gasteiger partial charge on any atom is -0.485 e. The van der Waals surface area contributed by atoms with Gasteiger partial charge in [0.05, 0.1) is 0 Å². The Bertz CT molecular complexity index is 689. The van der Waals surface area contributed by atoms with Crippen LogP contribution in [-0.2, 0) is 17.6 Å². The molecule has 0 aliphatic carbocycles. The van der Waals surface area contributed by atoms with Gasteiger partial charge in [-0.05, 0) is 36.1 Å². The van der Waals surface area contributed by atoms with Crippen LogP contribution in [0.4, 0.5) is 5.69 Å². The summed E-state index contributed by atoms with van der Waals surface area (Å²) in [6.45, 7) is 4.39. The van der Waals surface area contributed by atoms with Gasteiger partial charge in [0.15, 0.2) is 11.5 Å². The minimum atomic E-state index is -0.639. The fourth-order valence-corrected chi connectivity index (χ4v) is 2.76. The lowest BCUT2D eigenvalue weighted by atomic mass is 10.0. The zero-order valence-corrected chi connectivity index (χ0v) is 13.5. The van der Waals surface area contributed by atoms with Crippen molar-refractivity contribution >= 4 is 11.6 Å². The van der Waals surface area contributed by atoms with Gasteiger partial charge in [-0.3, -0.25) is 4.79 Å². The van der Waals surface area contributed by atoms with Gasteiger partial charge in [0.2, 0.25) is 6.10 Å². The number of fused-ring (bicyclic) bond motifs is 1. The summed E-state index contributed by atoms with van der Waals surface area (Å²) in [5.41, 5.74) is 3.18. The van der Waals surface area contributed by atoms with Crippen LogP contribution in [0.5, 0.6) is 11.5 Å². The molecule has 23 heavy (non-hydrogen) atoms. The third-order valence-electron chi connectivity index (χ3n) is 4.05. The highest BCUT2D eigenvalue weighted by Crippen LogP contribution is 2.31. The lowest BCUT2D eigenvalue weighted by Gasteiger charge is -2.26. The average Bonchev–Trinajstić information content (AvgIpc) is 2.61. The summed E-state index contributed by atoms with van der Waals surface area (Å²) in [6, 6.07) is 13.5. The standard InChI is InChI=1S/C19H21NO3/c1-3-13-8-7-9-14(4-2)18(13)20-19(21)17-12-22-15-10-5-6-11-16(15)23-17/h5-11,17H,3-4,12H2,1-2H3,(H,20,21)/t17-/m0/s1. The van der Waals surface area contributed by atoms with Crippen molar-refractivity contribution in [2.45, 2.75) is 32.8 Å². The number of hydrogen-bond acceptors (Lipinski definition) is 3. The molecule has 1 aliphatic rings. The maximum Gasteiger partial charge on any atom is 0.269 e. The molecular weight excluding hydrogens is 290 g/mol. The molecule has 0 radical (unpaired) electrons. The largest absolute Gasteiger partial charge is 0.485 e. The van der Waals surface area contributed by atoms with E-state index in [1.807, 2.05) is 42.5 Å². The number of ether oxygens (including phenoxy) is 2. The number of anilines is 1. The van der Waals surface area contributed by atoms with Gasteiger partial charge in [-0.2, -0.15) is 0 Å². The van der Waals surface area contributed by atoms with Gasteiger partial charge in [0.1, 0.15) is 6.61 Å². The van der Waals surface area contributed by atoms with Crippen molar-refractivity contribution < 1.29 is 14.3 Å². The first kappa shape index (κ1) is 15.4. The normalized spacial score (nSPS) is 16.0. The first-order valence-electron chi connectivity index (χ1n) is 8.03. The minimum absolute atomic E-state index is 0.171. The van der Waals surface area contributed by atoms with Gasteiger partial charge in [0.25, 0.3) is 5.91 Å². The maximum atomic E-state index is 12.6. The highest BCUT2D eigenvalue weighted by Gasteiger charge is 2.28. The molecule has 1 aliphatic heterocycles. The van der Waals surface area contributed by atoms with Crippen LogP contribution < -0.4 is 14.8 Å². The Balaban J connectivity index is 1.78. The van der Waals surface area contributed by atoms with Crippen molar-refractivity contribution in [3.63, 3.8) is 0 Å². The summed E-state index contributed by atoms with van der Waals surface area (Å²) in [4.78, 5) is 12.6. The summed E-state index contributed by atoms with van der Waals surface area (Å²) in [7, 11) is 0. The highest BCUT2D eigenvalue weighted by molar-refractivity contribution is 5.96. The van der Waals surface area contributed by atoms with E-state index in [0.29, 0.717) is 11.5 Å². The van der Waals surface area contributed by atoms with Crippen LogP contribution in [0.3, 0.4) is 0 Å². The Morgan fingerprint density at radius 3 is 2.35 bits per heavy atom. The van der Waals surface area contributed by atoms with E-state index in [0.717, 1.165) is 29.7 Å². The molecule has 0 saturated carbocycles. The molecule has 0 unspecified atom stereocenters. The number of para-hydroxylation sites is 3. The molecule has 3 rings (SSSR count). The van der Waals surface area contributed by atoms with Crippen molar-refractivity contribution in [3.8, 4) is 11.5 Å². The van der Waals surface area contributed by atoms with Gasteiger partial charge in [0, 0.05) is 5.69 Å². The van der Waals surface area contributed by atoms with E-state index >= 15 is 0 Å². The molecule has 0 bridgehead atoms. The van der Waals surface area contributed by atoms with Crippen LogP contribution in [0.2, 0.25) is 0 Å². The van der Waals surface area contributed by atoms with Gasteiger partial charge < -0.3 is 14.8 Å². The number of nitrogens with one attached hydrogen (secondary N) is 1. The van der Waals surface area contributed by atoms with E-state index in [1.165, 1.54) is 0 Å². The first-order chi connectivity index (χ1) is 11.2. The first-order valence-corrected chi connectivity index (χ1v) is 8.03. The number of aryl methyl sites for hydroxylation is 2. The molecule has 0 aromatic heterocycles. The van der Waals surface area contributed by atoms with Crippen molar-refractivity contribution in [1.82, 2.24) is 0 Å². The molecule has 120 valence electrons. The molecule has 4 heteroatoms. The summed E-state index contributed by atoms with van der Waals surface area (Å²) >= 11 is 0. The number of amides is 1. The Labute approximate surface area is 136 Å². The third-order valence-corrected chi connectivity index (χ3v) is 4.05. The molecule has 4 nitrogen and oxygen atoms in total. The molecule has 0 saturated heterocycles. The van der Waals surface area contributed by atoms with Crippen LogP contribution >= 0.6 is 0 Å². The SMILES string of the molecule is CCc1cccc(CC)c1NC(=O)[C@@H]1COc2ccccc2O1. The zero-order chi connectivity index (χ0) is 16.2. The van der Waals surface area contributed by atoms with Gasteiger partial charge in [-0.25, -0.2) is 0 Å². The molecule has 2 aromatic carbocycles. The van der Waals surface area contributed by atoms with Gasteiger partial charge in [-0.15, -0.1) is 0 Å². The topological polar surface area (TPSA) is 47.6 Å². The number of hydrogen-bond donors (Lipinski definition) is 1. The van der Waals surface area contributed by atoms with E-state index < -0.39 is 6.10 Å².